The maximum absolute atomic E-state index is 12.8. The van der Waals surface area contributed by atoms with Crippen LogP contribution in [0, 0.1) is 0 Å². The summed E-state index contributed by atoms with van der Waals surface area (Å²) < 4.78 is 17.8. The van der Waals surface area contributed by atoms with Crippen LogP contribution in [0.3, 0.4) is 0 Å². The van der Waals surface area contributed by atoms with Crippen LogP contribution in [-0.4, -0.2) is 56.9 Å². The summed E-state index contributed by atoms with van der Waals surface area (Å²) in [4.78, 5) is 15.3. The second kappa shape index (κ2) is 13.7. The Balaban J connectivity index is 1.64. The number of nitrogens with one attached hydrogen (secondary N) is 1. The van der Waals surface area contributed by atoms with Crippen molar-refractivity contribution in [2.24, 2.45) is 0 Å². The Morgan fingerprint density at radius 3 is 2.58 bits per heavy atom. The molecular formula is C30H36N2O4. The summed E-state index contributed by atoms with van der Waals surface area (Å²) in [5, 5.41) is 2.95. The van der Waals surface area contributed by atoms with E-state index in [1.54, 1.807) is 7.11 Å². The normalized spacial score (nSPS) is 18.1. The van der Waals surface area contributed by atoms with Gasteiger partial charge in [0.05, 0.1) is 19.3 Å². The molecule has 3 aromatic rings. The van der Waals surface area contributed by atoms with Gasteiger partial charge in [0.25, 0.3) is 5.91 Å². The van der Waals surface area contributed by atoms with Gasteiger partial charge in [-0.05, 0) is 49.6 Å². The van der Waals surface area contributed by atoms with Gasteiger partial charge in [0, 0.05) is 31.3 Å². The fourth-order valence-electron chi connectivity index (χ4n) is 4.54. The number of hydrogen-bond acceptors (Lipinski definition) is 5. The third-order valence-corrected chi connectivity index (χ3v) is 6.48. The van der Waals surface area contributed by atoms with E-state index in [0.29, 0.717) is 37.7 Å². The summed E-state index contributed by atoms with van der Waals surface area (Å²) in [5.41, 5.74) is 2.94. The highest BCUT2D eigenvalue weighted by atomic mass is 16.5. The van der Waals surface area contributed by atoms with Crippen LogP contribution in [0.25, 0.3) is 0 Å². The molecule has 0 aliphatic carbocycles. The lowest BCUT2D eigenvalue weighted by Gasteiger charge is -2.32. The minimum atomic E-state index is -0.144. The highest BCUT2D eigenvalue weighted by Gasteiger charge is 2.23. The van der Waals surface area contributed by atoms with E-state index in [1.807, 2.05) is 42.5 Å². The zero-order chi connectivity index (χ0) is 25.0. The Labute approximate surface area is 214 Å². The summed E-state index contributed by atoms with van der Waals surface area (Å²) in [7, 11) is 1.72. The van der Waals surface area contributed by atoms with E-state index in [-0.39, 0.29) is 11.9 Å². The summed E-state index contributed by atoms with van der Waals surface area (Å²) in [6, 6.07) is 26.2. The lowest BCUT2D eigenvalue weighted by molar-refractivity contribution is 0.0908. The topological polar surface area (TPSA) is 60.0 Å². The number of hydrogen-bond donors (Lipinski definition) is 1. The van der Waals surface area contributed by atoms with Crippen molar-refractivity contribution in [1.29, 1.82) is 0 Å². The standard InChI is InChI=1S/C30H36N2O4/c1-34-28-15-7-5-13-25(28)22-32-18-9-10-19-35-20-17-31-30(33)27-14-6-8-16-29(27)36-23-26(32)21-24-11-3-2-4-12-24/h2-8,11-16,26H,9-10,17-23H2,1H3,(H,31,33)/t26-/m0/s1. The van der Waals surface area contributed by atoms with Crippen molar-refractivity contribution in [3.05, 3.63) is 95.6 Å². The van der Waals surface area contributed by atoms with Gasteiger partial charge in [0.1, 0.15) is 18.1 Å². The number of fused-ring (bicyclic) bond motifs is 1. The van der Waals surface area contributed by atoms with Gasteiger partial charge in [-0.3, -0.25) is 9.69 Å². The Morgan fingerprint density at radius 2 is 1.72 bits per heavy atom. The molecule has 36 heavy (non-hydrogen) atoms. The molecule has 1 aliphatic heterocycles. The molecule has 0 saturated heterocycles. The smallest absolute Gasteiger partial charge is 0.255 e. The first-order valence-corrected chi connectivity index (χ1v) is 12.7. The zero-order valence-corrected chi connectivity index (χ0v) is 21.0. The molecule has 6 nitrogen and oxygen atoms in total. The Morgan fingerprint density at radius 1 is 0.944 bits per heavy atom. The summed E-state index contributed by atoms with van der Waals surface area (Å²) >= 11 is 0. The van der Waals surface area contributed by atoms with Crippen LogP contribution < -0.4 is 14.8 Å². The van der Waals surface area contributed by atoms with Gasteiger partial charge in [-0.15, -0.1) is 0 Å². The fraction of sp³-hybridized carbons (Fsp3) is 0.367. The van der Waals surface area contributed by atoms with Crippen molar-refractivity contribution in [2.45, 2.75) is 31.8 Å². The molecule has 3 aromatic carbocycles. The summed E-state index contributed by atoms with van der Waals surface area (Å²) in [6.45, 7) is 3.76. The molecule has 0 radical (unpaired) electrons. The maximum atomic E-state index is 12.8. The maximum Gasteiger partial charge on any atom is 0.255 e. The van der Waals surface area contributed by atoms with Crippen LogP contribution >= 0.6 is 0 Å². The van der Waals surface area contributed by atoms with Gasteiger partial charge < -0.3 is 19.5 Å². The molecule has 0 aromatic heterocycles. The van der Waals surface area contributed by atoms with Crippen molar-refractivity contribution in [1.82, 2.24) is 10.2 Å². The predicted molar refractivity (Wildman–Crippen MR) is 142 cm³/mol. The van der Waals surface area contributed by atoms with Crippen LogP contribution in [0.2, 0.25) is 0 Å². The molecule has 190 valence electrons. The summed E-state index contributed by atoms with van der Waals surface area (Å²) in [6.07, 6.45) is 2.79. The quantitative estimate of drug-likeness (QED) is 0.563. The van der Waals surface area contributed by atoms with E-state index in [1.165, 1.54) is 5.56 Å². The second-order valence-corrected chi connectivity index (χ2v) is 9.01. The molecule has 0 saturated carbocycles. The fourth-order valence-corrected chi connectivity index (χ4v) is 4.54. The number of rotatable bonds is 5. The Hall–Kier alpha value is -3.35. The van der Waals surface area contributed by atoms with Gasteiger partial charge in [0.15, 0.2) is 0 Å². The van der Waals surface area contributed by atoms with E-state index in [0.717, 1.165) is 43.7 Å². The van der Waals surface area contributed by atoms with E-state index in [9.17, 15) is 4.79 Å². The van der Waals surface area contributed by atoms with Crippen molar-refractivity contribution in [2.75, 3.05) is 40.0 Å². The molecule has 1 atom stereocenters. The number of benzene rings is 3. The molecule has 0 unspecified atom stereocenters. The van der Waals surface area contributed by atoms with E-state index < -0.39 is 0 Å². The van der Waals surface area contributed by atoms with E-state index in [4.69, 9.17) is 14.2 Å². The first-order chi connectivity index (χ1) is 17.7. The van der Waals surface area contributed by atoms with Gasteiger partial charge in [0.2, 0.25) is 0 Å². The van der Waals surface area contributed by atoms with Gasteiger partial charge in [-0.2, -0.15) is 0 Å². The molecule has 1 amide bonds. The van der Waals surface area contributed by atoms with Crippen LogP contribution in [0.5, 0.6) is 11.5 Å². The number of methoxy groups -OCH3 is 1. The number of ether oxygens (including phenoxy) is 3. The van der Waals surface area contributed by atoms with Gasteiger partial charge in [-0.25, -0.2) is 0 Å². The van der Waals surface area contributed by atoms with Crippen LogP contribution in [0.4, 0.5) is 0 Å². The average Bonchev–Trinajstić information content (AvgIpc) is 2.92. The monoisotopic (exact) mass is 488 g/mol. The first kappa shape index (κ1) is 25.7. The number of nitrogens with zero attached hydrogens (tertiary/aromatic N) is 1. The molecule has 0 spiro atoms. The highest BCUT2D eigenvalue weighted by molar-refractivity contribution is 5.96. The molecule has 4 rings (SSSR count). The predicted octanol–water partition coefficient (Wildman–Crippen LogP) is 4.73. The third-order valence-electron chi connectivity index (χ3n) is 6.48. The molecule has 0 bridgehead atoms. The Bertz CT molecular complexity index is 1090. The minimum Gasteiger partial charge on any atom is -0.496 e. The molecule has 1 aliphatic rings. The number of carbonyl (C=O) groups excluding carboxylic acids is 1. The number of carbonyl (C=O) groups is 1. The Kier molecular flexibility index (Phi) is 9.77. The van der Waals surface area contributed by atoms with Gasteiger partial charge >= 0.3 is 0 Å². The number of para-hydroxylation sites is 2. The molecule has 0 fully saturated rings. The average molecular weight is 489 g/mol. The van der Waals surface area contributed by atoms with Crippen molar-refractivity contribution < 1.29 is 19.0 Å². The summed E-state index contributed by atoms with van der Waals surface area (Å²) in [5.74, 6) is 1.34. The van der Waals surface area contributed by atoms with Crippen molar-refractivity contribution in [3.63, 3.8) is 0 Å². The zero-order valence-electron chi connectivity index (χ0n) is 21.0. The molecular weight excluding hydrogens is 452 g/mol. The van der Waals surface area contributed by atoms with Gasteiger partial charge in [-0.1, -0.05) is 60.7 Å². The highest BCUT2D eigenvalue weighted by Crippen LogP contribution is 2.24. The lowest BCUT2D eigenvalue weighted by atomic mass is 10.0. The SMILES string of the molecule is COc1ccccc1CN1CCCCOCCNC(=O)c2ccccc2OC[C@@H]1Cc1ccccc1. The second-order valence-electron chi connectivity index (χ2n) is 9.01. The molecule has 1 heterocycles. The lowest BCUT2D eigenvalue weighted by Crippen LogP contribution is -2.41. The first-order valence-electron chi connectivity index (χ1n) is 12.7. The van der Waals surface area contributed by atoms with Crippen molar-refractivity contribution in [3.8, 4) is 11.5 Å². The van der Waals surface area contributed by atoms with Crippen LogP contribution in [-0.2, 0) is 17.7 Å². The van der Waals surface area contributed by atoms with Crippen LogP contribution in [0.1, 0.15) is 34.3 Å². The van der Waals surface area contributed by atoms with Crippen LogP contribution in [0.15, 0.2) is 78.9 Å². The van der Waals surface area contributed by atoms with Crippen molar-refractivity contribution >= 4 is 5.91 Å². The molecule has 6 heteroatoms. The minimum absolute atomic E-state index is 0.0967. The van der Waals surface area contributed by atoms with E-state index >= 15 is 0 Å². The number of amides is 1. The van der Waals surface area contributed by atoms with E-state index in [2.05, 4.69) is 46.6 Å². The molecule has 1 N–H and O–H groups in total. The third kappa shape index (κ3) is 7.33. The largest absolute Gasteiger partial charge is 0.496 e.